The van der Waals surface area contributed by atoms with E-state index in [1.165, 1.54) is 18.4 Å². The molecule has 0 bridgehead atoms. The van der Waals surface area contributed by atoms with Crippen LogP contribution >= 0.6 is 24.0 Å². The first-order chi connectivity index (χ1) is 11.7. The first-order valence-electron chi connectivity index (χ1n) is 8.66. The molecule has 3 N–H and O–H groups in total. The number of guanidine groups is 1. The van der Waals surface area contributed by atoms with Crippen molar-refractivity contribution in [1.82, 2.24) is 10.2 Å². The minimum absolute atomic E-state index is 0. The van der Waals surface area contributed by atoms with Gasteiger partial charge in [-0.15, -0.1) is 24.0 Å². The molecule has 0 aliphatic heterocycles. The number of nitrogens with one attached hydrogen (secondary N) is 1. The number of nitrogens with two attached hydrogens (primary N) is 1. The summed E-state index contributed by atoms with van der Waals surface area (Å²) in [5.41, 5.74) is 7.10. The maximum Gasteiger partial charge on any atom is 0.188 e. The van der Waals surface area contributed by atoms with Crippen molar-refractivity contribution in [2.45, 2.75) is 32.2 Å². The van der Waals surface area contributed by atoms with E-state index in [0.717, 1.165) is 50.1 Å². The molecule has 1 aromatic rings. The highest BCUT2D eigenvalue weighted by atomic mass is 127. The second-order valence-corrected chi connectivity index (χ2v) is 5.99. The molecule has 0 saturated heterocycles. The van der Waals surface area contributed by atoms with Gasteiger partial charge >= 0.3 is 0 Å². The van der Waals surface area contributed by atoms with Crippen LogP contribution < -0.4 is 20.5 Å². The molecule has 0 aromatic heterocycles. The van der Waals surface area contributed by atoms with Crippen LogP contribution in [0.5, 0.6) is 11.5 Å². The van der Waals surface area contributed by atoms with Crippen LogP contribution in [0.4, 0.5) is 0 Å². The Morgan fingerprint density at radius 2 is 2.00 bits per heavy atom. The van der Waals surface area contributed by atoms with Crippen molar-refractivity contribution in [2.24, 2.45) is 10.7 Å². The molecular formula is C18H31IN4O2. The van der Waals surface area contributed by atoms with E-state index >= 15 is 0 Å². The van der Waals surface area contributed by atoms with Crippen molar-refractivity contribution in [1.29, 1.82) is 0 Å². The van der Waals surface area contributed by atoms with Crippen LogP contribution in [0, 0.1) is 0 Å². The van der Waals surface area contributed by atoms with Gasteiger partial charge in [0.15, 0.2) is 17.5 Å². The van der Waals surface area contributed by atoms with Crippen LogP contribution in [0.25, 0.3) is 0 Å². The Morgan fingerprint density at radius 3 is 2.60 bits per heavy atom. The monoisotopic (exact) mass is 462 g/mol. The number of halogens is 1. The molecule has 1 aliphatic carbocycles. The van der Waals surface area contributed by atoms with Gasteiger partial charge in [-0.3, -0.25) is 9.89 Å². The van der Waals surface area contributed by atoms with Crippen LogP contribution in [0.1, 0.15) is 25.3 Å². The summed E-state index contributed by atoms with van der Waals surface area (Å²) in [4.78, 5) is 6.88. The average molecular weight is 462 g/mol. The van der Waals surface area contributed by atoms with Gasteiger partial charge in [-0.05, 0) is 43.5 Å². The number of ether oxygens (including phenoxy) is 2. The van der Waals surface area contributed by atoms with E-state index < -0.39 is 0 Å². The summed E-state index contributed by atoms with van der Waals surface area (Å²) in [5, 5.41) is 3.17. The highest BCUT2D eigenvalue weighted by Gasteiger charge is 2.26. The second-order valence-electron chi connectivity index (χ2n) is 5.99. The van der Waals surface area contributed by atoms with Gasteiger partial charge in [0.1, 0.15) is 0 Å². The van der Waals surface area contributed by atoms with E-state index in [1.54, 1.807) is 14.2 Å². The fourth-order valence-electron chi connectivity index (χ4n) is 2.76. The van der Waals surface area contributed by atoms with Gasteiger partial charge < -0.3 is 20.5 Å². The number of methoxy groups -OCH3 is 2. The van der Waals surface area contributed by atoms with E-state index in [4.69, 9.17) is 15.2 Å². The van der Waals surface area contributed by atoms with Gasteiger partial charge in [-0.25, -0.2) is 0 Å². The van der Waals surface area contributed by atoms with Gasteiger partial charge in [0.05, 0.1) is 20.8 Å². The quantitative estimate of drug-likeness (QED) is 0.317. The molecule has 25 heavy (non-hydrogen) atoms. The molecule has 6 nitrogen and oxygen atoms in total. The third-order valence-corrected chi connectivity index (χ3v) is 4.31. The van der Waals surface area contributed by atoms with Crippen LogP contribution in [0.2, 0.25) is 0 Å². The lowest BCUT2D eigenvalue weighted by Gasteiger charge is -2.18. The zero-order valence-corrected chi connectivity index (χ0v) is 17.8. The van der Waals surface area contributed by atoms with Gasteiger partial charge in [0, 0.05) is 19.1 Å². The summed E-state index contributed by atoms with van der Waals surface area (Å²) in [6.07, 6.45) is 3.51. The molecule has 0 radical (unpaired) electrons. The molecule has 0 spiro atoms. The molecule has 0 unspecified atom stereocenters. The minimum atomic E-state index is 0. The van der Waals surface area contributed by atoms with E-state index in [0.29, 0.717) is 5.96 Å². The lowest BCUT2D eigenvalue weighted by atomic mass is 10.1. The SMILES string of the molecule is CCN(CCN=C(N)NCCc1ccc(OC)c(OC)c1)C1CC1.I. The minimum Gasteiger partial charge on any atom is -0.493 e. The van der Waals surface area contributed by atoms with E-state index in [9.17, 15) is 0 Å². The molecule has 0 amide bonds. The van der Waals surface area contributed by atoms with Gasteiger partial charge in [0.25, 0.3) is 0 Å². The van der Waals surface area contributed by atoms with Crippen LogP contribution in [-0.2, 0) is 6.42 Å². The number of likely N-dealkylation sites (N-methyl/N-ethyl adjacent to an activating group) is 1. The highest BCUT2D eigenvalue weighted by molar-refractivity contribution is 14.0. The first kappa shape index (κ1) is 21.8. The van der Waals surface area contributed by atoms with Gasteiger partial charge in [0.2, 0.25) is 0 Å². The Kier molecular flexibility index (Phi) is 9.96. The van der Waals surface area contributed by atoms with Crippen LogP contribution in [0.3, 0.4) is 0 Å². The lowest BCUT2D eigenvalue weighted by Crippen LogP contribution is -2.35. The molecular weight excluding hydrogens is 431 g/mol. The fourth-order valence-corrected chi connectivity index (χ4v) is 2.76. The molecule has 1 aromatic carbocycles. The third-order valence-electron chi connectivity index (χ3n) is 4.31. The first-order valence-corrected chi connectivity index (χ1v) is 8.66. The molecule has 0 atom stereocenters. The Balaban J connectivity index is 0.00000312. The number of aliphatic imine (C=N–C) groups is 1. The Hall–Kier alpha value is -1.22. The molecule has 1 fully saturated rings. The standard InChI is InChI=1S/C18H30N4O2.HI/c1-4-22(15-6-7-15)12-11-21-18(19)20-10-9-14-5-8-16(23-2)17(13-14)24-3;/h5,8,13,15H,4,6-7,9-12H2,1-3H3,(H3,19,20,21);1H. The Morgan fingerprint density at radius 1 is 1.28 bits per heavy atom. The van der Waals surface area contributed by atoms with Gasteiger partial charge in [-0.2, -0.15) is 0 Å². The van der Waals surface area contributed by atoms with Crippen molar-refractivity contribution in [3.8, 4) is 11.5 Å². The Bertz CT molecular complexity index is 550. The Labute approximate surface area is 168 Å². The average Bonchev–Trinajstić information content (AvgIpc) is 3.43. The maximum atomic E-state index is 5.93. The predicted molar refractivity (Wildman–Crippen MR) is 113 cm³/mol. The molecule has 2 rings (SSSR count). The number of hydrogen-bond acceptors (Lipinski definition) is 4. The zero-order valence-electron chi connectivity index (χ0n) is 15.5. The summed E-state index contributed by atoms with van der Waals surface area (Å²) in [6, 6.07) is 6.72. The van der Waals surface area contributed by atoms with Crippen molar-refractivity contribution in [2.75, 3.05) is 40.4 Å². The molecule has 1 saturated carbocycles. The number of hydrogen-bond donors (Lipinski definition) is 2. The van der Waals surface area contributed by atoms with Crippen molar-refractivity contribution < 1.29 is 9.47 Å². The summed E-state index contributed by atoms with van der Waals surface area (Å²) in [5.74, 6) is 2.00. The van der Waals surface area contributed by atoms with Gasteiger partial charge in [-0.1, -0.05) is 13.0 Å². The van der Waals surface area contributed by atoms with E-state index in [2.05, 4.69) is 22.1 Å². The van der Waals surface area contributed by atoms with Crippen LogP contribution in [0.15, 0.2) is 23.2 Å². The third kappa shape index (κ3) is 7.27. The normalized spacial score (nSPS) is 14.2. The summed E-state index contributed by atoms with van der Waals surface area (Å²) < 4.78 is 10.6. The number of nitrogens with zero attached hydrogens (tertiary/aromatic N) is 2. The zero-order chi connectivity index (χ0) is 17.4. The molecule has 1 aliphatic rings. The lowest BCUT2D eigenvalue weighted by molar-refractivity contribution is 0.286. The summed E-state index contributed by atoms with van der Waals surface area (Å²) in [6.45, 7) is 5.77. The van der Waals surface area contributed by atoms with E-state index in [1.807, 2.05) is 18.2 Å². The highest BCUT2D eigenvalue weighted by Crippen LogP contribution is 2.27. The van der Waals surface area contributed by atoms with Crippen LogP contribution in [-0.4, -0.2) is 57.3 Å². The maximum absolute atomic E-state index is 5.93. The van der Waals surface area contributed by atoms with Crippen molar-refractivity contribution in [3.05, 3.63) is 23.8 Å². The smallest absolute Gasteiger partial charge is 0.188 e. The van der Waals surface area contributed by atoms with Crippen molar-refractivity contribution >= 4 is 29.9 Å². The largest absolute Gasteiger partial charge is 0.493 e. The second kappa shape index (κ2) is 11.4. The topological polar surface area (TPSA) is 72.1 Å². The fraction of sp³-hybridized carbons (Fsp3) is 0.611. The molecule has 7 heteroatoms. The predicted octanol–water partition coefficient (Wildman–Crippen LogP) is 2.25. The number of rotatable bonds is 10. The van der Waals surface area contributed by atoms with Crippen molar-refractivity contribution in [3.63, 3.8) is 0 Å². The summed E-state index contributed by atoms with van der Waals surface area (Å²) >= 11 is 0. The number of benzene rings is 1. The summed E-state index contributed by atoms with van der Waals surface area (Å²) in [7, 11) is 3.28. The molecule has 142 valence electrons. The molecule has 0 heterocycles. The van der Waals surface area contributed by atoms with E-state index in [-0.39, 0.29) is 24.0 Å².